The van der Waals surface area contributed by atoms with Crippen molar-refractivity contribution >= 4 is 16.8 Å². The Morgan fingerprint density at radius 3 is 2.54 bits per heavy atom. The van der Waals surface area contributed by atoms with Gasteiger partial charge in [-0.3, -0.25) is 9.48 Å². The third kappa shape index (κ3) is 3.30. The monoisotopic (exact) mass is 376 g/mol. The van der Waals surface area contributed by atoms with Crippen molar-refractivity contribution in [3.05, 3.63) is 48.3 Å². The Bertz CT molecular complexity index is 997. The number of aromatic nitrogens is 3. The van der Waals surface area contributed by atoms with E-state index in [-0.39, 0.29) is 24.0 Å². The lowest BCUT2D eigenvalue weighted by molar-refractivity contribution is 0.0513. The molecule has 4 rings (SSSR count). The van der Waals surface area contributed by atoms with Crippen molar-refractivity contribution in [1.82, 2.24) is 19.7 Å². The number of rotatable bonds is 3. The van der Waals surface area contributed by atoms with Crippen LogP contribution < -0.4 is 0 Å². The molecule has 1 fully saturated rings. The Morgan fingerprint density at radius 1 is 1.14 bits per heavy atom. The average molecular weight is 377 g/mol. The van der Waals surface area contributed by atoms with Gasteiger partial charge < -0.3 is 4.90 Å². The second kappa shape index (κ2) is 7.38. The van der Waals surface area contributed by atoms with Gasteiger partial charge in [0.1, 0.15) is 0 Å². The number of benzene rings is 1. The molecule has 2 aromatic heterocycles. The van der Waals surface area contributed by atoms with Crippen molar-refractivity contribution in [1.29, 1.82) is 0 Å². The smallest absolute Gasteiger partial charge is 0.255 e. The predicted molar refractivity (Wildman–Crippen MR) is 112 cm³/mol. The van der Waals surface area contributed by atoms with E-state index in [4.69, 9.17) is 4.98 Å². The van der Waals surface area contributed by atoms with Crippen LogP contribution in [0, 0.1) is 0 Å². The number of hydrogen-bond acceptors (Lipinski definition) is 3. The normalized spacial score (nSPS) is 20.1. The second-order valence-electron chi connectivity index (χ2n) is 8.22. The summed E-state index contributed by atoms with van der Waals surface area (Å²) in [6.07, 6.45) is 7.14. The maximum absolute atomic E-state index is 13.6. The van der Waals surface area contributed by atoms with E-state index >= 15 is 0 Å². The summed E-state index contributed by atoms with van der Waals surface area (Å²) in [5.74, 6) is 0.107. The van der Waals surface area contributed by atoms with E-state index in [0.29, 0.717) is 0 Å². The Hall–Kier alpha value is -2.69. The molecule has 1 amide bonds. The number of carbonyl (C=O) groups excluding carboxylic acids is 1. The molecule has 0 saturated carbocycles. The van der Waals surface area contributed by atoms with Gasteiger partial charge in [0.2, 0.25) is 0 Å². The number of hydrogen-bond donors (Lipinski definition) is 0. The van der Waals surface area contributed by atoms with Crippen molar-refractivity contribution in [3.8, 4) is 11.3 Å². The molecule has 1 aliphatic rings. The van der Waals surface area contributed by atoms with Gasteiger partial charge in [0.15, 0.2) is 0 Å². The summed E-state index contributed by atoms with van der Waals surface area (Å²) in [5.41, 5.74) is 3.32. The van der Waals surface area contributed by atoms with Crippen molar-refractivity contribution in [2.45, 2.75) is 65.1 Å². The number of amides is 1. The van der Waals surface area contributed by atoms with E-state index in [0.717, 1.165) is 40.6 Å². The van der Waals surface area contributed by atoms with E-state index < -0.39 is 0 Å². The minimum atomic E-state index is 0.107. The third-order valence-electron chi connectivity index (χ3n) is 5.80. The molecule has 1 aliphatic heterocycles. The summed E-state index contributed by atoms with van der Waals surface area (Å²) in [6.45, 7) is 8.51. The van der Waals surface area contributed by atoms with Gasteiger partial charge in [0.05, 0.1) is 23.0 Å². The maximum atomic E-state index is 13.6. The summed E-state index contributed by atoms with van der Waals surface area (Å²) in [4.78, 5) is 20.5. The molecule has 1 saturated heterocycles. The first kappa shape index (κ1) is 18.7. The largest absolute Gasteiger partial charge is 0.333 e. The molecule has 0 radical (unpaired) electrons. The quantitative estimate of drug-likeness (QED) is 0.640. The molecule has 0 unspecified atom stereocenters. The molecule has 3 heterocycles. The molecule has 2 atom stereocenters. The molecule has 0 N–H and O–H groups in total. The Morgan fingerprint density at radius 2 is 1.86 bits per heavy atom. The fourth-order valence-electron chi connectivity index (χ4n) is 4.21. The van der Waals surface area contributed by atoms with Crippen LogP contribution in [0.25, 0.3) is 22.2 Å². The van der Waals surface area contributed by atoms with Crippen molar-refractivity contribution in [2.75, 3.05) is 0 Å². The number of pyridine rings is 1. The summed E-state index contributed by atoms with van der Waals surface area (Å²) < 4.78 is 1.92. The molecule has 146 valence electrons. The summed E-state index contributed by atoms with van der Waals surface area (Å²) in [5, 5.41) is 5.36. The molecule has 5 heteroatoms. The molecular formula is C23H28N4O. The fourth-order valence-corrected chi connectivity index (χ4v) is 4.21. The van der Waals surface area contributed by atoms with Gasteiger partial charge in [-0.1, -0.05) is 18.2 Å². The van der Waals surface area contributed by atoms with E-state index in [2.05, 4.69) is 37.7 Å². The zero-order valence-corrected chi connectivity index (χ0v) is 17.1. The minimum absolute atomic E-state index is 0.107. The van der Waals surface area contributed by atoms with Crippen molar-refractivity contribution < 1.29 is 4.79 Å². The molecule has 0 aliphatic carbocycles. The van der Waals surface area contributed by atoms with Crippen molar-refractivity contribution in [3.63, 3.8) is 0 Å². The zero-order chi connectivity index (χ0) is 19.8. The van der Waals surface area contributed by atoms with Crippen LogP contribution in [0.2, 0.25) is 0 Å². The number of nitrogens with zero attached hydrogens (tertiary/aromatic N) is 4. The minimum Gasteiger partial charge on any atom is -0.333 e. The Labute approximate surface area is 166 Å². The number of para-hydroxylation sites is 1. The van der Waals surface area contributed by atoms with Gasteiger partial charge in [-0.05, 0) is 59.1 Å². The fraction of sp³-hybridized carbons (Fsp3) is 0.435. The number of carbonyl (C=O) groups is 1. The van der Waals surface area contributed by atoms with Gasteiger partial charge in [0.25, 0.3) is 5.91 Å². The molecule has 28 heavy (non-hydrogen) atoms. The van der Waals surface area contributed by atoms with Crippen LogP contribution in [0.5, 0.6) is 0 Å². The van der Waals surface area contributed by atoms with Gasteiger partial charge in [0, 0.05) is 35.3 Å². The van der Waals surface area contributed by atoms with E-state index in [1.807, 2.05) is 47.4 Å². The van der Waals surface area contributed by atoms with Crippen LogP contribution in [0.4, 0.5) is 0 Å². The third-order valence-corrected chi connectivity index (χ3v) is 5.80. The number of piperidine rings is 1. The summed E-state index contributed by atoms with van der Waals surface area (Å²) in [6, 6.07) is 10.7. The molecule has 1 aromatic carbocycles. The first-order valence-electron chi connectivity index (χ1n) is 10.2. The van der Waals surface area contributed by atoms with Crippen LogP contribution in [-0.2, 0) is 0 Å². The molecule has 3 aromatic rings. The van der Waals surface area contributed by atoms with Crippen LogP contribution in [0.15, 0.2) is 42.7 Å². The van der Waals surface area contributed by atoms with Crippen LogP contribution >= 0.6 is 0 Å². The topological polar surface area (TPSA) is 51.0 Å². The SMILES string of the molecule is CC(C)n1cc(-c2cc(C(=O)N3[C@H](C)CCC[C@@H]3C)c3ccccc3n2)cn1. The lowest BCUT2D eigenvalue weighted by Gasteiger charge is -2.39. The van der Waals surface area contributed by atoms with E-state index in [1.165, 1.54) is 6.42 Å². The van der Waals surface area contributed by atoms with Gasteiger partial charge >= 0.3 is 0 Å². The highest BCUT2D eigenvalue weighted by Gasteiger charge is 2.31. The van der Waals surface area contributed by atoms with Gasteiger partial charge in [-0.25, -0.2) is 4.98 Å². The van der Waals surface area contributed by atoms with E-state index in [9.17, 15) is 4.79 Å². The summed E-state index contributed by atoms with van der Waals surface area (Å²) >= 11 is 0. The highest BCUT2D eigenvalue weighted by molar-refractivity contribution is 6.07. The molecular weight excluding hydrogens is 348 g/mol. The zero-order valence-electron chi connectivity index (χ0n) is 17.1. The lowest BCUT2D eigenvalue weighted by atomic mass is 9.95. The first-order chi connectivity index (χ1) is 13.5. The molecule has 5 nitrogen and oxygen atoms in total. The summed E-state index contributed by atoms with van der Waals surface area (Å²) in [7, 11) is 0. The second-order valence-corrected chi connectivity index (χ2v) is 8.22. The predicted octanol–water partition coefficient (Wildman–Crippen LogP) is 5.08. The molecule has 0 spiro atoms. The van der Waals surface area contributed by atoms with E-state index in [1.54, 1.807) is 0 Å². The standard InChI is InChI=1S/C23H28N4O/c1-15(2)26-14-18(13-24-26)22-12-20(19-10-5-6-11-21(19)25-22)23(28)27-16(3)8-7-9-17(27)4/h5-6,10-17H,7-9H2,1-4H3/t16-,17+. The average Bonchev–Trinajstić information content (AvgIpc) is 3.17. The van der Waals surface area contributed by atoms with Gasteiger partial charge in [-0.2, -0.15) is 5.10 Å². The van der Waals surface area contributed by atoms with Crippen LogP contribution in [0.3, 0.4) is 0 Å². The van der Waals surface area contributed by atoms with Crippen LogP contribution in [-0.4, -0.2) is 37.7 Å². The first-order valence-corrected chi connectivity index (χ1v) is 10.2. The lowest BCUT2D eigenvalue weighted by Crippen LogP contribution is -2.47. The number of likely N-dealkylation sites (tertiary alicyclic amines) is 1. The maximum Gasteiger partial charge on any atom is 0.255 e. The Balaban J connectivity index is 1.83. The van der Waals surface area contributed by atoms with Gasteiger partial charge in [-0.15, -0.1) is 0 Å². The molecule has 0 bridgehead atoms. The number of fused-ring (bicyclic) bond motifs is 1. The Kier molecular flexibility index (Phi) is 4.92. The highest BCUT2D eigenvalue weighted by Crippen LogP contribution is 2.30. The highest BCUT2D eigenvalue weighted by atomic mass is 16.2. The van der Waals surface area contributed by atoms with Crippen LogP contribution in [0.1, 0.15) is 63.4 Å². The van der Waals surface area contributed by atoms with Crippen molar-refractivity contribution in [2.24, 2.45) is 0 Å².